The fourth-order valence-corrected chi connectivity index (χ4v) is 3.23. The van der Waals surface area contributed by atoms with Gasteiger partial charge in [-0.05, 0) is 32.2 Å². The van der Waals surface area contributed by atoms with Gasteiger partial charge in [-0.25, -0.2) is 0 Å². The normalized spacial score (nSPS) is 38.8. The van der Waals surface area contributed by atoms with E-state index in [1.165, 1.54) is 19.3 Å². The van der Waals surface area contributed by atoms with Crippen molar-refractivity contribution in [1.29, 1.82) is 0 Å². The van der Waals surface area contributed by atoms with Crippen molar-refractivity contribution in [3.8, 4) is 0 Å². The minimum absolute atomic E-state index is 0.138. The van der Waals surface area contributed by atoms with Crippen LogP contribution in [0.3, 0.4) is 0 Å². The van der Waals surface area contributed by atoms with Crippen molar-refractivity contribution < 1.29 is 9.53 Å². The minimum atomic E-state index is 0.138. The van der Waals surface area contributed by atoms with E-state index in [0.717, 1.165) is 32.7 Å². The number of amides is 1. The molecule has 3 fully saturated rings. The Morgan fingerprint density at radius 2 is 2.38 bits per heavy atom. The maximum Gasteiger partial charge on any atom is 0.228 e. The zero-order chi connectivity index (χ0) is 11.0. The zero-order valence-electron chi connectivity index (χ0n) is 9.71. The van der Waals surface area contributed by atoms with Crippen molar-refractivity contribution in [1.82, 2.24) is 10.2 Å². The molecule has 0 bridgehead atoms. The van der Waals surface area contributed by atoms with Crippen molar-refractivity contribution in [2.24, 2.45) is 5.92 Å². The number of hydrogen-bond donors (Lipinski definition) is 1. The Morgan fingerprint density at radius 3 is 2.94 bits per heavy atom. The number of carbonyl (C=O) groups excluding carboxylic acids is 1. The summed E-state index contributed by atoms with van der Waals surface area (Å²) >= 11 is 0. The van der Waals surface area contributed by atoms with Crippen LogP contribution >= 0.6 is 0 Å². The van der Waals surface area contributed by atoms with E-state index in [4.69, 9.17) is 4.74 Å². The summed E-state index contributed by atoms with van der Waals surface area (Å²) in [7, 11) is 0. The first-order valence-corrected chi connectivity index (χ1v) is 6.42. The SMILES string of the molecule is O=C([C@@H]1CCOC1)N1CC[C@@]12CCCNC2. The number of nitrogens with one attached hydrogen (secondary N) is 1. The van der Waals surface area contributed by atoms with Crippen LogP contribution in [0, 0.1) is 5.92 Å². The van der Waals surface area contributed by atoms with Gasteiger partial charge in [0, 0.05) is 19.7 Å². The minimum Gasteiger partial charge on any atom is -0.381 e. The summed E-state index contributed by atoms with van der Waals surface area (Å²) in [6, 6.07) is 0. The average molecular weight is 224 g/mol. The highest BCUT2D eigenvalue weighted by Crippen LogP contribution is 2.38. The first-order valence-electron chi connectivity index (χ1n) is 6.42. The number of nitrogens with zero attached hydrogens (tertiary/aromatic N) is 1. The molecular formula is C12H20N2O2. The van der Waals surface area contributed by atoms with E-state index in [2.05, 4.69) is 10.2 Å². The van der Waals surface area contributed by atoms with Crippen LogP contribution in [0.1, 0.15) is 25.7 Å². The van der Waals surface area contributed by atoms with Gasteiger partial charge in [0.05, 0.1) is 18.1 Å². The molecule has 0 radical (unpaired) electrons. The van der Waals surface area contributed by atoms with Crippen molar-refractivity contribution in [2.75, 3.05) is 32.8 Å². The largest absolute Gasteiger partial charge is 0.381 e. The molecule has 90 valence electrons. The molecule has 0 aromatic rings. The molecule has 1 spiro atoms. The van der Waals surface area contributed by atoms with E-state index < -0.39 is 0 Å². The topological polar surface area (TPSA) is 41.6 Å². The van der Waals surface area contributed by atoms with Crippen LogP contribution in [-0.2, 0) is 9.53 Å². The predicted octanol–water partition coefficient (Wildman–Crippen LogP) is 0.377. The lowest BCUT2D eigenvalue weighted by Gasteiger charge is -2.55. The van der Waals surface area contributed by atoms with Crippen LogP contribution < -0.4 is 5.32 Å². The van der Waals surface area contributed by atoms with Gasteiger partial charge in [0.15, 0.2) is 0 Å². The lowest BCUT2D eigenvalue weighted by molar-refractivity contribution is -0.153. The standard InChI is InChI=1S/C12H20N2O2/c15-11(10-2-7-16-8-10)14-6-4-12(14)3-1-5-13-9-12/h10,13H,1-9H2/t10-,12-/m1/s1. The first-order chi connectivity index (χ1) is 7.82. The molecule has 16 heavy (non-hydrogen) atoms. The van der Waals surface area contributed by atoms with E-state index in [0.29, 0.717) is 12.5 Å². The van der Waals surface area contributed by atoms with Gasteiger partial charge in [-0.1, -0.05) is 0 Å². The van der Waals surface area contributed by atoms with E-state index in [1.807, 2.05) is 0 Å². The smallest absolute Gasteiger partial charge is 0.228 e. The molecule has 4 heteroatoms. The number of likely N-dealkylation sites (tertiary alicyclic amines) is 1. The van der Waals surface area contributed by atoms with Crippen LogP contribution in [0.4, 0.5) is 0 Å². The summed E-state index contributed by atoms with van der Waals surface area (Å²) in [4.78, 5) is 14.4. The van der Waals surface area contributed by atoms with Crippen LogP contribution in [0.15, 0.2) is 0 Å². The van der Waals surface area contributed by atoms with Gasteiger partial charge in [0.25, 0.3) is 0 Å². The molecule has 3 heterocycles. The van der Waals surface area contributed by atoms with Crippen molar-refractivity contribution >= 4 is 5.91 Å². The lowest BCUT2D eigenvalue weighted by Crippen LogP contribution is -2.68. The monoisotopic (exact) mass is 224 g/mol. The van der Waals surface area contributed by atoms with Gasteiger partial charge in [0.1, 0.15) is 0 Å². The Labute approximate surface area is 96.3 Å². The third-order valence-corrected chi connectivity index (χ3v) is 4.37. The molecule has 4 nitrogen and oxygen atoms in total. The van der Waals surface area contributed by atoms with Crippen molar-refractivity contribution in [3.63, 3.8) is 0 Å². The Hall–Kier alpha value is -0.610. The first kappa shape index (κ1) is 10.5. The Kier molecular flexibility index (Phi) is 2.64. The summed E-state index contributed by atoms with van der Waals surface area (Å²) in [6.45, 7) is 4.45. The molecule has 1 amide bonds. The Morgan fingerprint density at radius 1 is 1.44 bits per heavy atom. The number of piperidine rings is 1. The second-order valence-electron chi connectivity index (χ2n) is 5.31. The van der Waals surface area contributed by atoms with Gasteiger partial charge in [0.2, 0.25) is 5.91 Å². The van der Waals surface area contributed by atoms with Gasteiger partial charge in [-0.2, -0.15) is 0 Å². The lowest BCUT2D eigenvalue weighted by atomic mass is 9.77. The molecule has 2 atom stereocenters. The van der Waals surface area contributed by atoms with Crippen LogP contribution in [0.2, 0.25) is 0 Å². The number of ether oxygens (including phenoxy) is 1. The van der Waals surface area contributed by atoms with Crippen LogP contribution in [0.25, 0.3) is 0 Å². The summed E-state index contributed by atoms with van der Waals surface area (Å²) in [6.07, 6.45) is 4.47. The maximum atomic E-state index is 12.3. The second kappa shape index (κ2) is 4.00. The molecule has 3 aliphatic rings. The van der Waals surface area contributed by atoms with E-state index in [1.54, 1.807) is 0 Å². The Bertz CT molecular complexity index is 281. The molecule has 0 aromatic carbocycles. The van der Waals surface area contributed by atoms with E-state index in [-0.39, 0.29) is 11.5 Å². The van der Waals surface area contributed by atoms with Gasteiger partial charge in [-0.15, -0.1) is 0 Å². The quantitative estimate of drug-likeness (QED) is 0.700. The van der Waals surface area contributed by atoms with Crippen molar-refractivity contribution in [3.05, 3.63) is 0 Å². The third kappa shape index (κ3) is 1.55. The zero-order valence-corrected chi connectivity index (χ0v) is 9.71. The third-order valence-electron chi connectivity index (χ3n) is 4.37. The summed E-state index contributed by atoms with van der Waals surface area (Å²) < 4.78 is 5.31. The molecule has 0 unspecified atom stereocenters. The summed E-state index contributed by atoms with van der Waals surface area (Å²) in [5.74, 6) is 0.478. The Balaban J connectivity index is 1.67. The highest BCUT2D eigenvalue weighted by atomic mass is 16.5. The van der Waals surface area contributed by atoms with Crippen LogP contribution in [0.5, 0.6) is 0 Å². The molecule has 0 aromatic heterocycles. The number of hydrogen-bond acceptors (Lipinski definition) is 3. The molecular weight excluding hydrogens is 204 g/mol. The molecule has 1 N–H and O–H groups in total. The fraction of sp³-hybridized carbons (Fsp3) is 0.917. The summed E-state index contributed by atoms with van der Waals surface area (Å²) in [5.41, 5.74) is 0.165. The molecule has 3 saturated heterocycles. The van der Waals surface area contributed by atoms with Crippen molar-refractivity contribution in [2.45, 2.75) is 31.2 Å². The summed E-state index contributed by atoms with van der Waals surface area (Å²) in [5, 5.41) is 3.43. The molecule has 0 aliphatic carbocycles. The van der Waals surface area contributed by atoms with Gasteiger partial charge >= 0.3 is 0 Å². The predicted molar refractivity (Wildman–Crippen MR) is 60.1 cm³/mol. The van der Waals surface area contributed by atoms with E-state index in [9.17, 15) is 4.79 Å². The molecule has 3 rings (SSSR count). The fourth-order valence-electron chi connectivity index (χ4n) is 3.23. The van der Waals surface area contributed by atoms with Crippen LogP contribution in [-0.4, -0.2) is 49.2 Å². The van der Waals surface area contributed by atoms with Gasteiger partial charge < -0.3 is 15.0 Å². The average Bonchev–Trinajstić information content (AvgIpc) is 2.82. The second-order valence-corrected chi connectivity index (χ2v) is 5.31. The molecule has 0 saturated carbocycles. The number of rotatable bonds is 1. The highest BCUT2D eigenvalue weighted by Gasteiger charge is 2.49. The number of carbonyl (C=O) groups is 1. The highest BCUT2D eigenvalue weighted by molar-refractivity contribution is 5.81. The maximum absolute atomic E-state index is 12.3. The van der Waals surface area contributed by atoms with Gasteiger partial charge in [-0.3, -0.25) is 4.79 Å². The van der Waals surface area contributed by atoms with E-state index >= 15 is 0 Å². The molecule has 3 aliphatic heterocycles.